The predicted octanol–water partition coefficient (Wildman–Crippen LogP) is 2.41. The van der Waals surface area contributed by atoms with Crippen molar-refractivity contribution in [2.24, 2.45) is 7.05 Å². The molecule has 0 aliphatic rings. The average molecular weight is 288 g/mol. The number of nitro groups is 1. The average Bonchev–Trinajstić information content (AvgIpc) is 2.76. The minimum absolute atomic E-state index is 0.0767. The summed E-state index contributed by atoms with van der Waals surface area (Å²) < 4.78 is 1.48. The van der Waals surface area contributed by atoms with Gasteiger partial charge in [0.1, 0.15) is 5.69 Å². The van der Waals surface area contributed by atoms with E-state index < -0.39 is 4.92 Å². The molecule has 0 aliphatic carbocycles. The Bertz CT molecular complexity index is 459. The van der Waals surface area contributed by atoms with Gasteiger partial charge in [-0.3, -0.25) is 14.9 Å². The summed E-state index contributed by atoms with van der Waals surface area (Å²) >= 11 is 5.69. The smallest absolute Gasteiger partial charge is 0.287 e. The molecule has 1 rings (SSSR count). The first-order valence-corrected chi connectivity index (χ1v) is 6.70. The minimum Gasteiger partial charge on any atom is -0.340 e. The van der Waals surface area contributed by atoms with Crippen molar-refractivity contribution in [3.05, 3.63) is 28.1 Å². The zero-order valence-electron chi connectivity index (χ0n) is 11.1. The highest BCUT2D eigenvalue weighted by molar-refractivity contribution is 6.18. The molecule has 0 bridgehead atoms. The van der Waals surface area contributed by atoms with Crippen molar-refractivity contribution in [1.82, 2.24) is 9.47 Å². The van der Waals surface area contributed by atoms with E-state index in [0.29, 0.717) is 24.7 Å². The predicted molar refractivity (Wildman–Crippen MR) is 73.6 cm³/mol. The van der Waals surface area contributed by atoms with Crippen LogP contribution >= 0.6 is 11.6 Å². The molecule has 0 aromatic carbocycles. The molecule has 1 aromatic heterocycles. The highest BCUT2D eigenvalue weighted by Gasteiger charge is 2.21. The van der Waals surface area contributed by atoms with Gasteiger partial charge in [0.15, 0.2) is 0 Å². The number of carbonyl (C=O) groups excluding carboxylic acids is 1. The Morgan fingerprint density at radius 3 is 2.68 bits per heavy atom. The van der Waals surface area contributed by atoms with Crippen molar-refractivity contribution in [2.45, 2.75) is 19.8 Å². The maximum absolute atomic E-state index is 12.3. The topological polar surface area (TPSA) is 68.4 Å². The number of hydrogen-bond donors (Lipinski definition) is 0. The maximum atomic E-state index is 12.3. The van der Waals surface area contributed by atoms with Gasteiger partial charge in [-0.25, -0.2) is 0 Å². The van der Waals surface area contributed by atoms with Crippen LogP contribution < -0.4 is 0 Å². The van der Waals surface area contributed by atoms with E-state index in [1.54, 1.807) is 11.9 Å². The van der Waals surface area contributed by atoms with Crippen molar-refractivity contribution >= 4 is 23.2 Å². The summed E-state index contributed by atoms with van der Waals surface area (Å²) in [7, 11) is 1.62. The molecule has 0 saturated carbocycles. The standard InChI is InChI=1S/C12H18ClN3O3/c1-3-4-6-15(7-5-13)12(17)11-8-10(16(18)19)9-14(11)2/h8-9H,3-7H2,1-2H3. The molecular weight excluding hydrogens is 270 g/mol. The van der Waals surface area contributed by atoms with Crippen LogP contribution in [0.4, 0.5) is 5.69 Å². The first-order chi connectivity index (χ1) is 9.01. The van der Waals surface area contributed by atoms with Crippen LogP contribution in [0.1, 0.15) is 30.3 Å². The highest BCUT2D eigenvalue weighted by Crippen LogP contribution is 2.17. The van der Waals surface area contributed by atoms with Crippen LogP contribution in [-0.2, 0) is 7.05 Å². The molecule has 6 nitrogen and oxygen atoms in total. The van der Waals surface area contributed by atoms with Crippen LogP contribution in [0.3, 0.4) is 0 Å². The number of aryl methyl sites for hydroxylation is 1. The zero-order chi connectivity index (χ0) is 14.4. The van der Waals surface area contributed by atoms with E-state index in [2.05, 4.69) is 0 Å². The number of alkyl halides is 1. The summed E-state index contributed by atoms with van der Waals surface area (Å²) in [5, 5.41) is 10.7. The zero-order valence-corrected chi connectivity index (χ0v) is 11.9. The third-order valence-corrected chi connectivity index (χ3v) is 3.01. The van der Waals surface area contributed by atoms with E-state index >= 15 is 0 Å². The second-order valence-corrected chi connectivity index (χ2v) is 4.66. The summed E-state index contributed by atoms with van der Waals surface area (Å²) in [6, 6.07) is 1.30. The van der Waals surface area contributed by atoms with Crippen LogP contribution in [0.5, 0.6) is 0 Å². The largest absolute Gasteiger partial charge is 0.340 e. The molecule has 1 amide bonds. The number of carbonyl (C=O) groups is 1. The summed E-state index contributed by atoms with van der Waals surface area (Å²) in [6.07, 6.45) is 3.19. The molecule has 106 valence electrons. The fraction of sp³-hybridized carbons (Fsp3) is 0.583. The van der Waals surface area contributed by atoms with Crippen LogP contribution in [0, 0.1) is 10.1 Å². The van der Waals surface area contributed by atoms with Gasteiger partial charge in [0.2, 0.25) is 0 Å². The molecule has 0 spiro atoms. The SMILES string of the molecule is CCCCN(CCCl)C(=O)c1cc([N+](=O)[O-])cn1C. The second-order valence-electron chi connectivity index (χ2n) is 4.29. The Morgan fingerprint density at radius 1 is 1.53 bits per heavy atom. The van der Waals surface area contributed by atoms with Crippen LogP contribution in [0.15, 0.2) is 12.3 Å². The van der Waals surface area contributed by atoms with Gasteiger partial charge in [-0.2, -0.15) is 0 Å². The van der Waals surface area contributed by atoms with Crippen LogP contribution in [0.25, 0.3) is 0 Å². The summed E-state index contributed by atoms with van der Waals surface area (Å²) in [5.74, 6) is 0.131. The number of aromatic nitrogens is 1. The molecule has 19 heavy (non-hydrogen) atoms. The van der Waals surface area contributed by atoms with E-state index in [4.69, 9.17) is 11.6 Å². The van der Waals surface area contributed by atoms with Gasteiger partial charge < -0.3 is 9.47 Å². The lowest BCUT2D eigenvalue weighted by Gasteiger charge is -2.21. The number of unbranched alkanes of at least 4 members (excludes halogenated alkanes) is 1. The fourth-order valence-corrected chi connectivity index (χ4v) is 1.99. The first-order valence-electron chi connectivity index (χ1n) is 6.17. The molecule has 0 unspecified atom stereocenters. The van der Waals surface area contributed by atoms with Gasteiger partial charge in [-0.15, -0.1) is 11.6 Å². The van der Waals surface area contributed by atoms with Gasteiger partial charge in [-0.1, -0.05) is 13.3 Å². The fourth-order valence-electron chi connectivity index (χ4n) is 1.79. The van der Waals surface area contributed by atoms with Gasteiger partial charge in [0.25, 0.3) is 11.6 Å². The number of rotatable bonds is 7. The molecule has 0 radical (unpaired) electrons. The summed E-state index contributed by atoms with van der Waals surface area (Å²) in [5.41, 5.74) is 0.236. The van der Waals surface area contributed by atoms with Crippen molar-refractivity contribution in [1.29, 1.82) is 0 Å². The molecule has 0 aliphatic heterocycles. The molecule has 0 saturated heterocycles. The van der Waals surface area contributed by atoms with Crippen molar-refractivity contribution < 1.29 is 9.72 Å². The van der Waals surface area contributed by atoms with Crippen molar-refractivity contribution in [2.75, 3.05) is 19.0 Å². The van der Waals surface area contributed by atoms with Crippen molar-refractivity contribution in [3.63, 3.8) is 0 Å². The van der Waals surface area contributed by atoms with E-state index in [0.717, 1.165) is 12.8 Å². The van der Waals surface area contributed by atoms with E-state index in [-0.39, 0.29) is 11.6 Å². The summed E-state index contributed by atoms with van der Waals surface area (Å²) in [6.45, 7) is 3.09. The molecular formula is C12H18ClN3O3. The summed E-state index contributed by atoms with van der Waals surface area (Å²) in [4.78, 5) is 24.2. The normalized spacial score (nSPS) is 10.5. The monoisotopic (exact) mass is 287 g/mol. The molecule has 0 fully saturated rings. The Morgan fingerprint density at radius 2 is 2.21 bits per heavy atom. The van der Waals surface area contributed by atoms with Gasteiger partial charge in [-0.05, 0) is 6.42 Å². The lowest BCUT2D eigenvalue weighted by atomic mass is 10.3. The van der Waals surface area contributed by atoms with Gasteiger partial charge in [0.05, 0.1) is 11.1 Å². The third-order valence-electron chi connectivity index (χ3n) is 2.84. The second kappa shape index (κ2) is 7.13. The maximum Gasteiger partial charge on any atom is 0.287 e. The number of hydrogen-bond acceptors (Lipinski definition) is 3. The Kier molecular flexibility index (Phi) is 5.82. The highest BCUT2D eigenvalue weighted by atomic mass is 35.5. The quantitative estimate of drug-likeness (QED) is 0.439. The molecule has 0 atom stereocenters. The van der Waals surface area contributed by atoms with E-state index in [9.17, 15) is 14.9 Å². The van der Waals surface area contributed by atoms with Crippen LogP contribution in [-0.4, -0.2) is 39.3 Å². The van der Waals surface area contributed by atoms with Gasteiger partial charge >= 0.3 is 0 Å². The van der Waals surface area contributed by atoms with Crippen molar-refractivity contribution in [3.8, 4) is 0 Å². The minimum atomic E-state index is -0.505. The number of nitrogens with zero attached hydrogens (tertiary/aromatic N) is 3. The Hall–Kier alpha value is -1.56. The Balaban J connectivity index is 2.92. The molecule has 7 heteroatoms. The van der Waals surface area contributed by atoms with Crippen LogP contribution in [0.2, 0.25) is 0 Å². The Labute approximate surface area is 117 Å². The number of amides is 1. The first kappa shape index (κ1) is 15.5. The number of halogens is 1. The van der Waals surface area contributed by atoms with Gasteiger partial charge in [0, 0.05) is 32.1 Å². The molecule has 0 N–H and O–H groups in total. The lowest BCUT2D eigenvalue weighted by molar-refractivity contribution is -0.384. The third kappa shape index (κ3) is 3.96. The lowest BCUT2D eigenvalue weighted by Crippen LogP contribution is -2.34. The molecule has 1 heterocycles. The molecule has 1 aromatic rings. The van der Waals surface area contributed by atoms with E-state index in [1.165, 1.54) is 16.8 Å². The van der Waals surface area contributed by atoms with E-state index in [1.807, 2.05) is 6.92 Å².